The van der Waals surface area contributed by atoms with Gasteiger partial charge in [-0.25, -0.2) is 19.4 Å². The molecular weight excluding hydrogens is 390 g/mol. The number of ether oxygens (including phenoxy) is 1. The van der Waals surface area contributed by atoms with Crippen molar-refractivity contribution in [1.29, 1.82) is 0 Å². The number of carbonyl (C=O) groups is 1. The molecule has 31 heavy (non-hydrogen) atoms. The summed E-state index contributed by atoms with van der Waals surface area (Å²) in [5, 5.41) is 7.68. The summed E-state index contributed by atoms with van der Waals surface area (Å²) < 4.78 is 6.88. The van der Waals surface area contributed by atoms with Crippen molar-refractivity contribution in [2.24, 2.45) is 0 Å². The Morgan fingerprint density at radius 3 is 2.48 bits per heavy atom. The summed E-state index contributed by atoms with van der Waals surface area (Å²) in [6, 6.07) is 19.6. The summed E-state index contributed by atoms with van der Waals surface area (Å²) >= 11 is 0. The second kappa shape index (κ2) is 8.79. The average Bonchev–Trinajstić information content (AvgIpc) is 3.18. The number of aromatic nitrogens is 4. The van der Waals surface area contributed by atoms with E-state index in [4.69, 9.17) is 4.74 Å². The molecule has 4 aromatic rings. The second-order valence-corrected chi connectivity index (χ2v) is 7.05. The predicted octanol–water partition coefficient (Wildman–Crippen LogP) is 4.87. The van der Waals surface area contributed by atoms with Gasteiger partial charge in [0.05, 0.1) is 24.2 Å². The first-order valence-corrected chi connectivity index (χ1v) is 10.1. The lowest BCUT2D eigenvalue weighted by Crippen LogP contribution is -2.10. The van der Waals surface area contributed by atoms with E-state index in [1.807, 2.05) is 74.5 Å². The number of nitrogens with one attached hydrogen (secondary N) is 1. The summed E-state index contributed by atoms with van der Waals surface area (Å²) in [5.74, 6) is 1.21. The van der Waals surface area contributed by atoms with Crippen LogP contribution in [0.4, 0.5) is 11.6 Å². The summed E-state index contributed by atoms with van der Waals surface area (Å²) in [4.78, 5) is 21.6. The second-order valence-electron chi connectivity index (χ2n) is 7.05. The fraction of sp³-hybridized carbons (Fsp3) is 0.167. The molecule has 156 valence electrons. The lowest BCUT2D eigenvalue weighted by molar-refractivity contribution is 0.0527. The van der Waals surface area contributed by atoms with Crippen LogP contribution in [0.2, 0.25) is 0 Å². The van der Waals surface area contributed by atoms with Gasteiger partial charge in [-0.1, -0.05) is 48.0 Å². The normalized spacial score (nSPS) is 10.7. The highest BCUT2D eigenvalue weighted by Gasteiger charge is 2.20. The minimum absolute atomic E-state index is 0.277. The molecule has 7 heteroatoms. The molecule has 0 saturated heterocycles. The van der Waals surface area contributed by atoms with Gasteiger partial charge in [-0.15, -0.1) is 0 Å². The predicted molar refractivity (Wildman–Crippen MR) is 120 cm³/mol. The third kappa shape index (κ3) is 4.45. The highest BCUT2D eigenvalue weighted by molar-refractivity contribution is 5.95. The third-order valence-corrected chi connectivity index (χ3v) is 4.70. The molecule has 0 atom stereocenters. The van der Waals surface area contributed by atoms with Gasteiger partial charge >= 0.3 is 5.97 Å². The van der Waals surface area contributed by atoms with Crippen molar-refractivity contribution in [3.8, 4) is 16.9 Å². The summed E-state index contributed by atoms with van der Waals surface area (Å²) in [5.41, 5.74) is 4.10. The van der Waals surface area contributed by atoms with Gasteiger partial charge in [0.15, 0.2) is 0 Å². The van der Waals surface area contributed by atoms with Crippen molar-refractivity contribution >= 4 is 17.6 Å². The maximum absolute atomic E-state index is 12.5. The van der Waals surface area contributed by atoms with Gasteiger partial charge < -0.3 is 10.1 Å². The van der Waals surface area contributed by atoms with Crippen LogP contribution in [-0.4, -0.2) is 32.3 Å². The number of benzene rings is 2. The Kier molecular flexibility index (Phi) is 5.75. The molecule has 0 spiro atoms. The van der Waals surface area contributed by atoms with Crippen LogP contribution in [-0.2, 0) is 4.74 Å². The zero-order valence-corrected chi connectivity index (χ0v) is 17.7. The topological polar surface area (TPSA) is 81.9 Å². The van der Waals surface area contributed by atoms with Crippen LogP contribution in [0.1, 0.15) is 28.7 Å². The summed E-state index contributed by atoms with van der Waals surface area (Å²) in [6.07, 6.45) is 1.50. The van der Waals surface area contributed by atoms with E-state index in [9.17, 15) is 4.79 Å². The molecule has 0 aliphatic rings. The van der Waals surface area contributed by atoms with Gasteiger partial charge in [0.2, 0.25) is 0 Å². The Morgan fingerprint density at radius 2 is 1.77 bits per heavy atom. The van der Waals surface area contributed by atoms with E-state index in [0.717, 1.165) is 16.9 Å². The zero-order chi connectivity index (χ0) is 21.8. The summed E-state index contributed by atoms with van der Waals surface area (Å²) in [7, 11) is 0. The number of hydrogen-bond donors (Lipinski definition) is 1. The van der Waals surface area contributed by atoms with Crippen LogP contribution in [0.15, 0.2) is 66.9 Å². The van der Waals surface area contributed by atoms with E-state index in [0.29, 0.717) is 23.0 Å². The van der Waals surface area contributed by atoms with Crippen molar-refractivity contribution in [3.05, 3.63) is 83.8 Å². The molecule has 0 radical (unpaired) electrons. The van der Waals surface area contributed by atoms with Crippen LogP contribution in [0.25, 0.3) is 16.9 Å². The number of anilines is 2. The molecule has 0 saturated carbocycles. The van der Waals surface area contributed by atoms with Crippen LogP contribution in [0, 0.1) is 13.8 Å². The number of rotatable bonds is 6. The first-order valence-electron chi connectivity index (χ1n) is 10.1. The maximum Gasteiger partial charge on any atom is 0.343 e. The van der Waals surface area contributed by atoms with Gasteiger partial charge in [0, 0.05) is 11.6 Å². The van der Waals surface area contributed by atoms with E-state index in [1.54, 1.807) is 11.6 Å². The smallest absolute Gasteiger partial charge is 0.343 e. The average molecular weight is 413 g/mol. The van der Waals surface area contributed by atoms with E-state index < -0.39 is 5.97 Å². The molecule has 7 nitrogen and oxygen atoms in total. The van der Waals surface area contributed by atoms with Gasteiger partial charge in [-0.2, -0.15) is 5.10 Å². The standard InChI is InChI=1S/C24H23N5O2/c1-4-31-24(30)20-15-25-29(19-8-6-5-7-9-19)23(20)28-22-14-21(26-17(3)27-22)18-12-10-16(2)11-13-18/h5-15H,4H2,1-3H3,(H,26,27,28). The molecule has 4 rings (SSSR count). The highest BCUT2D eigenvalue weighted by atomic mass is 16.5. The van der Waals surface area contributed by atoms with Crippen molar-refractivity contribution in [1.82, 2.24) is 19.7 Å². The molecule has 0 aliphatic carbocycles. The van der Waals surface area contributed by atoms with Crippen LogP contribution >= 0.6 is 0 Å². The number of esters is 1. The largest absolute Gasteiger partial charge is 0.462 e. The molecule has 1 N–H and O–H groups in total. The Bertz CT molecular complexity index is 1200. The molecule has 0 amide bonds. The summed E-state index contributed by atoms with van der Waals surface area (Å²) in [6.45, 7) is 5.93. The SMILES string of the molecule is CCOC(=O)c1cnn(-c2ccccc2)c1Nc1cc(-c2ccc(C)cc2)nc(C)n1. The van der Waals surface area contributed by atoms with Gasteiger partial charge in [0.1, 0.15) is 23.0 Å². The monoisotopic (exact) mass is 413 g/mol. The fourth-order valence-corrected chi connectivity index (χ4v) is 3.22. The lowest BCUT2D eigenvalue weighted by atomic mass is 10.1. The Morgan fingerprint density at radius 1 is 1.03 bits per heavy atom. The number of aryl methyl sites for hydroxylation is 2. The highest BCUT2D eigenvalue weighted by Crippen LogP contribution is 2.27. The molecule has 2 heterocycles. The van der Waals surface area contributed by atoms with Gasteiger partial charge in [-0.3, -0.25) is 0 Å². The van der Waals surface area contributed by atoms with Crippen LogP contribution in [0.5, 0.6) is 0 Å². The first kappa shape index (κ1) is 20.3. The quantitative estimate of drug-likeness (QED) is 0.454. The van der Waals surface area contributed by atoms with Gasteiger partial charge in [-0.05, 0) is 32.9 Å². The minimum Gasteiger partial charge on any atom is -0.462 e. The molecular formula is C24H23N5O2. The third-order valence-electron chi connectivity index (χ3n) is 4.70. The van der Waals surface area contributed by atoms with E-state index in [2.05, 4.69) is 20.4 Å². The Balaban J connectivity index is 1.77. The van der Waals surface area contributed by atoms with Crippen molar-refractivity contribution in [2.45, 2.75) is 20.8 Å². The molecule has 0 bridgehead atoms. The van der Waals surface area contributed by atoms with E-state index in [1.165, 1.54) is 11.8 Å². The van der Waals surface area contributed by atoms with Crippen molar-refractivity contribution in [3.63, 3.8) is 0 Å². The molecule has 0 aliphatic heterocycles. The molecule has 2 aromatic heterocycles. The molecule has 0 fully saturated rings. The van der Waals surface area contributed by atoms with Crippen molar-refractivity contribution < 1.29 is 9.53 Å². The number of hydrogen-bond acceptors (Lipinski definition) is 6. The van der Waals surface area contributed by atoms with E-state index >= 15 is 0 Å². The minimum atomic E-state index is -0.447. The van der Waals surface area contributed by atoms with Crippen molar-refractivity contribution in [2.75, 3.05) is 11.9 Å². The Hall–Kier alpha value is -4.00. The molecule has 0 unspecified atom stereocenters. The van der Waals surface area contributed by atoms with Crippen LogP contribution < -0.4 is 5.32 Å². The van der Waals surface area contributed by atoms with E-state index in [-0.39, 0.29) is 6.61 Å². The van der Waals surface area contributed by atoms with Crippen LogP contribution in [0.3, 0.4) is 0 Å². The fourth-order valence-electron chi connectivity index (χ4n) is 3.22. The Labute approximate surface area is 180 Å². The zero-order valence-electron chi connectivity index (χ0n) is 17.7. The first-order chi connectivity index (χ1) is 15.0. The lowest BCUT2D eigenvalue weighted by Gasteiger charge is -2.13. The maximum atomic E-state index is 12.5. The number of carbonyl (C=O) groups excluding carboxylic acids is 1. The number of para-hydroxylation sites is 1. The number of nitrogens with zero attached hydrogens (tertiary/aromatic N) is 4. The molecule has 2 aromatic carbocycles. The van der Waals surface area contributed by atoms with Gasteiger partial charge in [0.25, 0.3) is 0 Å².